The number of aromatic nitrogens is 1. The van der Waals surface area contributed by atoms with Crippen molar-refractivity contribution in [3.8, 4) is 0 Å². The van der Waals surface area contributed by atoms with Crippen LogP contribution in [-0.4, -0.2) is 49.9 Å². The molecule has 1 unspecified atom stereocenters. The lowest BCUT2D eigenvalue weighted by Gasteiger charge is -2.32. The van der Waals surface area contributed by atoms with Gasteiger partial charge in [0.2, 0.25) is 5.91 Å². The van der Waals surface area contributed by atoms with Crippen molar-refractivity contribution in [2.24, 2.45) is 17.8 Å². The third-order valence-electron chi connectivity index (χ3n) is 8.22. The number of pyridine rings is 1. The minimum atomic E-state index is 0.0635. The fourth-order valence-electron chi connectivity index (χ4n) is 6.60. The highest BCUT2D eigenvalue weighted by Gasteiger charge is 2.49. The van der Waals surface area contributed by atoms with E-state index >= 15 is 0 Å². The summed E-state index contributed by atoms with van der Waals surface area (Å²) in [6, 6.07) is 10.4. The summed E-state index contributed by atoms with van der Waals surface area (Å²) in [6.07, 6.45) is 6.36. The molecule has 4 aliphatic rings. The Balaban J connectivity index is 1.34. The molecular formula is C27H34N4O3. The molecule has 0 spiro atoms. The van der Waals surface area contributed by atoms with E-state index in [1.54, 1.807) is 6.20 Å². The lowest BCUT2D eigenvalue weighted by molar-refractivity contribution is -0.123. The van der Waals surface area contributed by atoms with Crippen LogP contribution in [0.25, 0.3) is 0 Å². The van der Waals surface area contributed by atoms with Crippen LogP contribution in [-0.2, 0) is 20.8 Å². The topological polar surface area (TPSA) is 66.9 Å². The molecule has 1 N–H and O–H groups in total. The van der Waals surface area contributed by atoms with Gasteiger partial charge in [0, 0.05) is 43.1 Å². The van der Waals surface area contributed by atoms with Crippen LogP contribution in [0.3, 0.4) is 0 Å². The molecule has 6 rings (SSSR count). The fourth-order valence-corrected chi connectivity index (χ4v) is 6.60. The second-order valence-corrected chi connectivity index (χ2v) is 9.94. The number of carbonyl (C=O) groups excluding carboxylic acids is 1. The standard InChI is InChI=1S/C27H34N4O3/c1-2-34-25-10-8-20-21(25)6-7-22(20)27(32)31-17-18-4-3-11-28-26(18)29-23-9-5-19(16-24(23)31)30-12-14-33-15-13-30/h3-5,9,11,16,20-22,25H,2,6-8,10,12-15,17H2,1H3,(H,28,29)/t20-,21?,22+,25-/m0/s1. The number of ether oxygens (including phenoxy) is 2. The number of nitrogens with one attached hydrogen (secondary N) is 1. The minimum Gasteiger partial charge on any atom is -0.378 e. The Hall–Kier alpha value is -2.64. The molecule has 3 heterocycles. The number of hydrogen-bond acceptors (Lipinski definition) is 6. The number of benzene rings is 1. The third-order valence-corrected chi connectivity index (χ3v) is 8.22. The fraction of sp³-hybridized carbons (Fsp3) is 0.556. The molecule has 180 valence electrons. The molecular weight excluding hydrogens is 428 g/mol. The second kappa shape index (κ2) is 9.19. The Bertz CT molecular complexity index is 1050. The van der Waals surface area contributed by atoms with E-state index < -0.39 is 0 Å². The molecule has 1 aromatic heterocycles. The molecule has 4 atom stereocenters. The van der Waals surface area contributed by atoms with E-state index in [9.17, 15) is 4.79 Å². The first-order valence-corrected chi connectivity index (χ1v) is 12.8. The summed E-state index contributed by atoms with van der Waals surface area (Å²) in [5.41, 5.74) is 4.08. The van der Waals surface area contributed by atoms with Gasteiger partial charge in [0.1, 0.15) is 5.82 Å². The highest BCUT2D eigenvalue weighted by molar-refractivity contribution is 6.00. The van der Waals surface area contributed by atoms with Crippen LogP contribution in [0.15, 0.2) is 36.5 Å². The molecule has 0 radical (unpaired) electrons. The van der Waals surface area contributed by atoms with E-state index in [2.05, 4.69) is 46.4 Å². The maximum atomic E-state index is 14.2. The van der Waals surface area contributed by atoms with Crippen LogP contribution in [0.2, 0.25) is 0 Å². The summed E-state index contributed by atoms with van der Waals surface area (Å²) in [7, 11) is 0. The molecule has 2 aliphatic heterocycles. The molecule has 2 saturated carbocycles. The van der Waals surface area contributed by atoms with Crippen molar-refractivity contribution in [1.82, 2.24) is 4.98 Å². The van der Waals surface area contributed by atoms with Crippen molar-refractivity contribution in [1.29, 1.82) is 0 Å². The van der Waals surface area contributed by atoms with Crippen LogP contribution in [0.5, 0.6) is 0 Å². The first kappa shape index (κ1) is 21.9. The number of amides is 1. The van der Waals surface area contributed by atoms with Crippen molar-refractivity contribution < 1.29 is 14.3 Å². The van der Waals surface area contributed by atoms with E-state index in [1.165, 1.54) is 0 Å². The number of fused-ring (bicyclic) bond motifs is 3. The normalized spacial score (nSPS) is 28.0. The van der Waals surface area contributed by atoms with Crippen molar-refractivity contribution in [2.45, 2.75) is 45.3 Å². The number of rotatable bonds is 4. The SMILES string of the molecule is CCO[C@H]1CC[C@H]2C1CC[C@H]2C(=O)N1Cc2cccnc2Nc2ccc(N3CCOCC3)cc21. The Labute approximate surface area is 201 Å². The van der Waals surface area contributed by atoms with Crippen LogP contribution < -0.4 is 15.1 Å². The van der Waals surface area contributed by atoms with Crippen molar-refractivity contribution in [3.63, 3.8) is 0 Å². The predicted molar refractivity (Wildman–Crippen MR) is 133 cm³/mol. The monoisotopic (exact) mass is 462 g/mol. The summed E-state index contributed by atoms with van der Waals surface area (Å²) in [5, 5.41) is 3.51. The highest BCUT2D eigenvalue weighted by atomic mass is 16.5. The zero-order chi connectivity index (χ0) is 23.1. The van der Waals surface area contributed by atoms with Gasteiger partial charge in [0.05, 0.1) is 37.2 Å². The van der Waals surface area contributed by atoms with E-state index in [4.69, 9.17) is 9.47 Å². The highest BCUT2D eigenvalue weighted by Crippen LogP contribution is 2.50. The zero-order valence-electron chi connectivity index (χ0n) is 19.9. The quantitative estimate of drug-likeness (QED) is 0.729. The Kier molecular flexibility index (Phi) is 5.91. The number of nitrogens with zero attached hydrogens (tertiary/aromatic N) is 3. The van der Waals surface area contributed by atoms with Gasteiger partial charge in [-0.25, -0.2) is 4.98 Å². The maximum Gasteiger partial charge on any atom is 0.230 e. The molecule has 1 saturated heterocycles. The summed E-state index contributed by atoms with van der Waals surface area (Å²) in [4.78, 5) is 23.2. The number of morpholine rings is 1. The maximum absolute atomic E-state index is 14.2. The molecule has 7 heteroatoms. The van der Waals surface area contributed by atoms with Crippen molar-refractivity contribution in [2.75, 3.05) is 48.0 Å². The molecule has 1 amide bonds. The lowest BCUT2D eigenvalue weighted by Crippen LogP contribution is -2.38. The number of carbonyl (C=O) groups is 1. The van der Waals surface area contributed by atoms with Gasteiger partial charge in [-0.05, 0) is 68.7 Å². The Morgan fingerprint density at radius 3 is 2.85 bits per heavy atom. The number of hydrogen-bond donors (Lipinski definition) is 1. The van der Waals surface area contributed by atoms with Gasteiger partial charge in [0.15, 0.2) is 0 Å². The molecule has 7 nitrogen and oxygen atoms in total. The van der Waals surface area contributed by atoms with Crippen molar-refractivity contribution >= 4 is 28.8 Å². The van der Waals surface area contributed by atoms with Gasteiger partial charge in [-0.2, -0.15) is 0 Å². The largest absolute Gasteiger partial charge is 0.378 e. The van der Waals surface area contributed by atoms with E-state index in [0.29, 0.717) is 24.5 Å². The van der Waals surface area contributed by atoms with Gasteiger partial charge in [-0.15, -0.1) is 0 Å². The molecule has 1 aromatic carbocycles. The summed E-state index contributed by atoms with van der Waals surface area (Å²) in [6.45, 7) is 6.58. The average Bonchev–Trinajstić information content (AvgIpc) is 3.42. The van der Waals surface area contributed by atoms with Gasteiger partial charge in [0.25, 0.3) is 0 Å². The summed E-state index contributed by atoms with van der Waals surface area (Å²) >= 11 is 0. The Morgan fingerprint density at radius 1 is 1.15 bits per heavy atom. The summed E-state index contributed by atoms with van der Waals surface area (Å²) in [5.74, 6) is 2.10. The first-order valence-electron chi connectivity index (χ1n) is 12.8. The van der Waals surface area contributed by atoms with Crippen molar-refractivity contribution in [3.05, 3.63) is 42.1 Å². The van der Waals surface area contributed by atoms with Gasteiger partial charge >= 0.3 is 0 Å². The smallest absolute Gasteiger partial charge is 0.230 e. The van der Waals surface area contributed by atoms with Crippen LogP contribution in [0.4, 0.5) is 22.9 Å². The van der Waals surface area contributed by atoms with Crippen LogP contribution >= 0.6 is 0 Å². The van der Waals surface area contributed by atoms with Gasteiger partial charge in [-0.3, -0.25) is 4.79 Å². The first-order chi connectivity index (χ1) is 16.7. The molecule has 3 fully saturated rings. The minimum absolute atomic E-state index is 0.0635. The van der Waals surface area contributed by atoms with Gasteiger partial charge < -0.3 is 24.6 Å². The molecule has 34 heavy (non-hydrogen) atoms. The van der Waals surface area contributed by atoms with E-state index in [0.717, 1.165) is 87.0 Å². The predicted octanol–water partition coefficient (Wildman–Crippen LogP) is 4.35. The van der Waals surface area contributed by atoms with Crippen LogP contribution in [0.1, 0.15) is 38.2 Å². The van der Waals surface area contributed by atoms with Gasteiger partial charge in [-0.1, -0.05) is 6.07 Å². The van der Waals surface area contributed by atoms with E-state index in [1.807, 2.05) is 11.0 Å². The molecule has 2 aromatic rings. The van der Waals surface area contributed by atoms with Crippen LogP contribution in [0, 0.1) is 17.8 Å². The zero-order valence-corrected chi connectivity index (χ0v) is 19.9. The number of anilines is 4. The Morgan fingerprint density at radius 2 is 2.00 bits per heavy atom. The van der Waals surface area contributed by atoms with E-state index in [-0.39, 0.29) is 11.8 Å². The average molecular weight is 463 g/mol. The molecule has 2 aliphatic carbocycles. The second-order valence-electron chi connectivity index (χ2n) is 9.94. The summed E-state index contributed by atoms with van der Waals surface area (Å²) < 4.78 is 11.6. The molecule has 0 bridgehead atoms. The lowest BCUT2D eigenvalue weighted by atomic mass is 9.90. The third kappa shape index (κ3) is 3.85.